The molecule has 0 saturated heterocycles. The summed E-state index contributed by atoms with van der Waals surface area (Å²) in [6, 6.07) is 23.2. The zero-order chi connectivity index (χ0) is 20.2. The number of imidazole rings is 1. The van der Waals surface area contributed by atoms with Crippen LogP contribution in [0.2, 0.25) is 0 Å². The van der Waals surface area contributed by atoms with Crippen LogP contribution in [-0.4, -0.2) is 16.2 Å². The van der Waals surface area contributed by atoms with Gasteiger partial charge in [-0.05, 0) is 74.6 Å². The first kappa shape index (κ1) is 19.3. The van der Waals surface area contributed by atoms with Gasteiger partial charge >= 0.3 is 0 Å². The molecule has 3 nitrogen and oxygen atoms in total. The van der Waals surface area contributed by atoms with E-state index in [1.165, 1.54) is 27.8 Å². The number of aryl methyl sites for hydroxylation is 4. The highest BCUT2D eigenvalue weighted by Crippen LogP contribution is 2.27. The first-order valence-electron chi connectivity index (χ1n) is 10.3. The average molecular weight is 385 g/mol. The van der Waals surface area contributed by atoms with E-state index in [1.54, 1.807) is 0 Å². The maximum Gasteiger partial charge on any atom is 0.141 e. The molecule has 0 atom stereocenters. The molecule has 0 aliphatic heterocycles. The summed E-state index contributed by atoms with van der Waals surface area (Å²) in [6.07, 6.45) is 2.05. The molecule has 1 heterocycles. The van der Waals surface area contributed by atoms with Crippen molar-refractivity contribution in [2.45, 2.75) is 40.2 Å². The Kier molecular flexibility index (Phi) is 5.66. The zero-order valence-electron chi connectivity index (χ0n) is 17.5. The van der Waals surface area contributed by atoms with Crippen molar-refractivity contribution in [1.82, 2.24) is 9.55 Å². The number of rotatable bonds is 7. The van der Waals surface area contributed by atoms with E-state index in [1.807, 2.05) is 0 Å². The lowest BCUT2D eigenvalue weighted by Gasteiger charge is -2.12. The second-order valence-electron chi connectivity index (χ2n) is 7.69. The Morgan fingerprint density at radius 1 is 0.793 bits per heavy atom. The van der Waals surface area contributed by atoms with Crippen LogP contribution in [0.1, 0.15) is 29.5 Å². The molecule has 0 fully saturated rings. The molecule has 0 amide bonds. The molecular formula is C26H28N2O. The van der Waals surface area contributed by atoms with E-state index in [2.05, 4.69) is 92.1 Å². The topological polar surface area (TPSA) is 27.1 Å². The average Bonchev–Trinajstić information content (AvgIpc) is 3.09. The van der Waals surface area contributed by atoms with Crippen molar-refractivity contribution >= 4 is 11.0 Å². The molecule has 0 aliphatic rings. The van der Waals surface area contributed by atoms with Crippen molar-refractivity contribution in [3.05, 3.63) is 83.4 Å². The normalized spacial score (nSPS) is 11.1. The summed E-state index contributed by atoms with van der Waals surface area (Å²) in [5.74, 6) is 2.01. The minimum Gasteiger partial charge on any atom is -0.494 e. The molecule has 0 N–H and O–H groups in total. The third kappa shape index (κ3) is 4.19. The van der Waals surface area contributed by atoms with Crippen LogP contribution in [0.5, 0.6) is 5.75 Å². The van der Waals surface area contributed by atoms with Gasteiger partial charge in [0.25, 0.3) is 0 Å². The van der Waals surface area contributed by atoms with Gasteiger partial charge in [0, 0.05) is 12.1 Å². The maximum absolute atomic E-state index is 5.96. The Morgan fingerprint density at radius 3 is 2.41 bits per heavy atom. The van der Waals surface area contributed by atoms with E-state index in [-0.39, 0.29) is 0 Å². The zero-order valence-corrected chi connectivity index (χ0v) is 17.5. The van der Waals surface area contributed by atoms with E-state index >= 15 is 0 Å². The van der Waals surface area contributed by atoms with E-state index in [0.717, 1.165) is 43.1 Å². The molecule has 0 spiro atoms. The molecule has 0 unspecified atom stereocenters. The van der Waals surface area contributed by atoms with Gasteiger partial charge in [-0.2, -0.15) is 0 Å². The van der Waals surface area contributed by atoms with Crippen LogP contribution in [0.4, 0.5) is 0 Å². The summed E-state index contributed by atoms with van der Waals surface area (Å²) in [6.45, 7) is 8.06. The summed E-state index contributed by atoms with van der Waals surface area (Å²) in [4.78, 5) is 4.94. The van der Waals surface area contributed by atoms with E-state index < -0.39 is 0 Å². The molecule has 0 bridgehead atoms. The van der Waals surface area contributed by atoms with Crippen molar-refractivity contribution in [3.8, 4) is 17.1 Å². The molecule has 3 aromatic carbocycles. The summed E-state index contributed by atoms with van der Waals surface area (Å²) in [5, 5.41) is 0. The summed E-state index contributed by atoms with van der Waals surface area (Å²) >= 11 is 0. The predicted molar refractivity (Wildman–Crippen MR) is 121 cm³/mol. The largest absolute Gasteiger partial charge is 0.494 e. The van der Waals surface area contributed by atoms with Crippen LogP contribution in [0.15, 0.2) is 66.7 Å². The second-order valence-corrected chi connectivity index (χ2v) is 7.69. The van der Waals surface area contributed by atoms with Gasteiger partial charge in [-0.1, -0.05) is 42.5 Å². The van der Waals surface area contributed by atoms with Gasteiger partial charge in [-0.25, -0.2) is 4.98 Å². The van der Waals surface area contributed by atoms with Crippen LogP contribution in [-0.2, 0) is 6.54 Å². The number of fused-ring (bicyclic) bond motifs is 1. The van der Waals surface area contributed by atoms with Crippen LogP contribution >= 0.6 is 0 Å². The van der Waals surface area contributed by atoms with Crippen LogP contribution in [0.25, 0.3) is 22.4 Å². The molecule has 148 valence electrons. The number of ether oxygens (including phenoxy) is 1. The van der Waals surface area contributed by atoms with Crippen LogP contribution in [0, 0.1) is 20.8 Å². The predicted octanol–water partition coefficient (Wildman–Crippen LogP) is 6.49. The molecule has 0 saturated carbocycles. The first-order valence-corrected chi connectivity index (χ1v) is 10.3. The third-order valence-corrected chi connectivity index (χ3v) is 5.56. The highest BCUT2D eigenvalue weighted by atomic mass is 16.5. The number of hydrogen-bond acceptors (Lipinski definition) is 2. The Balaban J connectivity index is 1.47. The monoisotopic (exact) mass is 384 g/mol. The van der Waals surface area contributed by atoms with Crippen molar-refractivity contribution in [3.63, 3.8) is 0 Å². The molecule has 0 aliphatic carbocycles. The Morgan fingerprint density at radius 2 is 1.59 bits per heavy atom. The SMILES string of the molecule is Cc1ccc(OCCCCn2c(-c3ccccc3C)nc3ccccc32)cc1C. The standard InChI is InChI=1S/C26H28N2O/c1-19-14-15-22(18-21(19)3)29-17-9-8-16-28-25-13-7-6-12-24(25)27-26(28)23-11-5-4-10-20(23)2/h4-7,10-15,18H,8-9,16-17H2,1-3H3. The van der Waals surface area contributed by atoms with Gasteiger partial charge in [-0.15, -0.1) is 0 Å². The highest BCUT2D eigenvalue weighted by molar-refractivity contribution is 5.81. The minimum absolute atomic E-state index is 0.731. The number of unbranched alkanes of at least 4 members (excludes halogenated alkanes) is 1. The summed E-state index contributed by atoms with van der Waals surface area (Å²) in [7, 11) is 0. The Bertz CT molecular complexity index is 1130. The molecule has 3 heteroatoms. The quantitative estimate of drug-likeness (QED) is 0.341. The Labute approximate surface area is 173 Å². The van der Waals surface area contributed by atoms with Crippen LogP contribution in [0.3, 0.4) is 0 Å². The van der Waals surface area contributed by atoms with E-state index in [9.17, 15) is 0 Å². The number of hydrogen-bond donors (Lipinski definition) is 0. The first-order chi connectivity index (χ1) is 14.1. The lowest BCUT2D eigenvalue weighted by atomic mass is 10.1. The van der Waals surface area contributed by atoms with Gasteiger partial charge in [0.05, 0.1) is 17.6 Å². The third-order valence-electron chi connectivity index (χ3n) is 5.56. The van der Waals surface area contributed by atoms with Crippen molar-refractivity contribution in [1.29, 1.82) is 0 Å². The van der Waals surface area contributed by atoms with Crippen LogP contribution < -0.4 is 4.74 Å². The fourth-order valence-corrected chi connectivity index (χ4v) is 3.70. The summed E-state index contributed by atoms with van der Waals surface area (Å²) in [5.41, 5.74) is 7.28. The summed E-state index contributed by atoms with van der Waals surface area (Å²) < 4.78 is 8.31. The van der Waals surface area contributed by atoms with Gasteiger partial charge in [0.15, 0.2) is 0 Å². The fourth-order valence-electron chi connectivity index (χ4n) is 3.70. The molecule has 0 radical (unpaired) electrons. The molecule has 4 rings (SSSR count). The number of benzene rings is 3. The van der Waals surface area contributed by atoms with Crippen molar-refractivity contribution in [2.24, 2.45) is 0 Å². The van der Waals surface area contributed by atoms with Gasteiger partial charge in [0.1, 0.15) is 11.6 Å². The molecule has 1 aromatic heterocycles. The van der Waals surface area contributed by atoms with Crippen molar-refractivity contribution < 1.29 is 4.74 Å². The second kappa shape index (κ2) is 8.52. The molecular weight excluding hydrogens is 356 g/mol. The molecule has 4 aromatic rings. The van der Waals surface area contributed by atoms with Crippen molar-refractivity contribution in [2.75, 3.05) is 6.61 Å². The van der Waals surface area contributed by atoms with Gasteiger partial charge in [-0.3, -0.25) is 0 Å². The molecule has 29 heavy (non-hydrogen) atoms. The smallest absolute Gasteiger partial charge is 0.141 e. The maximum atomic E-state index is 5.96. The van der Waals surface area contributed by atoms with Gasteiger partial charge in [0.2, 0.25) is 0 Å². The lowest BCUT2D eigenvalue weighted by molar-refractivity contribution is 0.303. The van der Waals surface area contributed by atoms with E-state index in [0.29, 0.717) is 0 Å². The fraction of sp³-hybridized carbons (Fsp3) is 0.269. The number of aromatic nitrogens is 2. The Hall–Kier alpha value is -3.07. The van der Waals surface area contributed by atoms with E-state index in [4.69, 9.17) is 9.72 Å². The lowest BCUT2D eigenvalue weighted by Crippen LogP contribution is -2.04. The van der Waals surface area contributed by atoms with Gasteiger partial charge < -0.3 is 9.30 Å². The highest BCUT2D eigenvalue weighted by Gasteiger charge is 2.13. The number of nitrogens with zero attached hydrogens (tertiary/aromatic N) is 2. The minimum atomic E-state index is 0.731. The number of para-hydroxylation sites is 2.